The molecular formula is C15H23N2O+. The van der Waals surface area contributed by atoms with Crippen LogP contribution in [0.2, 0.25) is 0 Å². The molecule has 1 aromatic rings. The molecule has 3 heteroatoms. The zero-order chi connectivity index (χ0) is 13.1. The van der Waals surface area contributed by atoms with Gasteiger partial charge in [0.1, 0.15) is 0 Å². The average Bonchev–Trinajstić information content (AvgIpc) is 2.86. The van der Waals surface area contributed by atoms with E-state index in [-0.39, 0.29) is 11.9 Å². The third kappa shape index (κ3) is 2.91. The predicted octanol–water partition coefficient (Wildman–Crippen LogP) is 1.31. The molecule has 0 radical (unpaired) electrons. The summed E-state index contributed by atoms with van der Waals surface area (Å²) in [7, 11) is 0. The summed E-state index contributed by atoms with van der Waals surface area (Å²) in [6.07, 6.45) is 2.49. The van der Waals surface area contributed by atoms with Gasteiger partial charge in [0, 0.05) is 18.5 Å². The number of hydrogen-bond donors (Lipinski definition) is 2. The number of anilines is 1. The van der Waals surface area contributed by atoms with Crippen LogP contribution < -0.4 is 10.2 Å². The Morgan fingerprint density at radius 3 is 2.61 bits per heavy atom. The number of hydrogen-bond acceptors (Lipinski definition) is 1. The summed E-state index contributed by atoms with van der Waals surface area (Å²) in [6, 6.07) is 6.21. The van der Waals surface area contributed by atoms with E-state index < -0.39 is 0 Å². The van der Waals surface area contributed by atoms with Crippen LogP contribution in [0.15, 0.2) is 18.2 Å². The Morgan fingerprint density at radius 1 is 1.28 bits per heavy atom. The number of nitrogens with one attached hydrogen (secondary N) is 2. The van der Waals surface area contributed by atoms with Crippen LogP contribution in [0.3, 0.4) is 0 Å². The number of quaternary nitrogens is 1. The smallest absolute Gasteiger partial charge is 0.282 e. The van der Waals surface area contributed by atoms with E-state index in [4.69, 9.17) is 0 Å². The lowest BCUT2D eigenvalue weighted by molar-refractivity contribution is -0.901. The molecule has 0 spiro atoms. The Labute approximate surface area is 109 Å². The number of aryl methyl sites for hydroxylation is 2. The highest BCUT2D eigenvalue weighted by Crippen LogP contribution is 2.16. The van der Waals surface area contributed by atoms with E-state index in [2.05, 4.69) is 17.4 Å². The molecule has 1 aliphatic rings. The molecule has 98 valence electrons. The van der Waals surface area contributed by atoms with Crippen molar-refractivity contribution in [2.24, 2.45) is 0 Å². The molecule has 2 N–H and O–H groups in total. The molecule has 0 saturated carbocycles. The van der Waals surface area contributed by atoms with E-state index in [0.29, 0.717) is 0 Å². The Kier molecular flexibility index (Phi) is 4.02. The SMILES string of the molecule is Cc1ccc(C)c(NC(=O)[C@@H](C)[NH+]2CCCC2)c1. The van der Waals surface area contributed by atoms with Gasteiger partial charge in [0.15, 0.2) is 6.04 Å². The highest BCUT2D eigenvalue weighted by atomic mass is 16.2. The highest BCUT2D eigenvalue weighted by molar-refractivity contribution is 5.94. The molecule has 2 rings (SSSR count). The number of rotatable bonds is 3. The average molecular weight is 247 g/mol. The quantitative estimate of drug-likeness (QED) is 0.829. The van der Waals surface area contributed by atoms with Crippen LogP contribution in [-0.2, 0) is 4.79 Å². The van der Waals surface area contributed by atoms with Gasteiger partial charge in [0.05, 0.1) is 13.1 Å². The molecule has 1 aliphatic heterocycles. The highest BCUT2D eigenvalue weighted by Gasteiger charge is 2.27. The molecular weight excluding hydrogens is 224 g/mol. The Hall–Kier alpha value is -1.35. The Morgan fingerprint density at radius 2 is 1.94 bits per heavy atom. The van der Waals surface area contributed by atoms with Gasteiger partial charge < -0.3 is 10.2 Å². The van der Waals surface area contributed by atoms with Gasteiger partial charge in [-0.05, 0) is 38.0 Å². The fraction of sp³-hybridized carbons (Fsp3) is 0.533. The number of carbonyl (C=O) groups is 1. The topological polar surface area (TPSA) is 33.5 Å². The fourth-order valence-electron chi connectivity index (χ4n) is 2.56. The van der Waals surface area contributed by atoms with Gasteiger partial charge in [-0.3, -0.25) is 4.79 Å². The lowest BCUT2D eigenvalue weighted by Gasteiger charge is -2.20. The summed E-state index contributed by atoms with van der Waals surface area (Å²) in [5.41, 5.74) is 3.25. The monoisotopic (exact) mass is 247 g/mol. The molecule has 1 atom stereocenters. The first kappa shape index (κ1) is 13.1. The lowest BCUT2D eigenvalue weighted by Crippen LogP contribution is -3.14. The van der Waals surface area contributed by atoms with Crippen LogP contribution in [0.1, 0.15) is 30.9 Å². The third-order valence-electron chi connectivity index (χ3n) is 3.90. The minimum Gasteiger partial charge on any atom is -0.325 e. The van der Waals surface area contributed by atoms with E-state index in [1.807, 2.05) is 26.8 Å². The summed E-state index contributed by atoms with van der Waals surface area (Å²) >= 11 is 0. The molecule has 0 aromatic heterocycles. The third-order valence-corrected chi connectivity index (χ3v) is 3.90. The molecule has 1 fully saturated rings. The van der Waals surface area contributed by atoms with Crippen molar-refractivity contribution in [3.63, 3.8) is 0 Å². The molecule has 1 saturated heterocycles. The zero-order valence-corrected chi connectivity index (χ0v) is 11.5. The summed E-state index contributed by atoms with van der Waals surface area (Å²) in [5, 5.41) is 3.07. The predicted molar refractivity (Wildman–Crippen MR) is 73.9 cm³/mol. The molecule has 1 heterocycles. The Balaban J connectivity index is 2.03. The van der Waals surface area contributed by atoms with Crippen LogP contribution in [-0.4, -0.2) is 25.0 Å². The van der Waals surface area contributed by atoms with Crippen LogP contribution in [0.4, 0.5) is 5.69 Å². The van der Waals surface area contributed by atoms with Crippen LogP contribution in [0, 0.1) is 13.8 Å². The second kappa shape index (κ2) is 5.53. The van der Waals surface area contributed by atoms with Crippen molar-refractivity contribution < 1.29 is 9.69 Å². The van der Waals surface area contributed by atoms with Gasteiger partial charge in [-0.2, -0.15) is 0 Å². The summed E-state index contributed by atoms with van der Waals surface area (Å²) in [4.78, 5) is 13.6. The second-order valence-electron chi connectivity index (χ2n) is 5.39. The fourth-order valence-corrected chi connectivity index (χ4v) is 2.56. The van der Waals surface area contributed by atoms with Gasteiger partial charge in [-0.1, -0.05) is 12.1 Å². The van der Waals surface area contributed by atoms with Crippen molar-refractivity contribution in [2.75, 3.05) is 18.4 Å². The van der Waals surface area contributed by atoms with E-state index in [0.717, 1.165) is 24.3 Å². The molecule has 1 aromatic carbocycles. The maximum Gasteiger partial charge on any atom is 0.282 e. The van der Waals surface area contributed by atoms with E-state index in [1.54, 1.807) is 0 Å². The summed E-state index contributed by atoms with van der Waals surface area (Å²) in [6.45, 7) is 8.36. The number of benzene rings is 1. The second-order valence-corrected chi connectivity index (χ2v) is 5.39. The number of amides is 1. The maximum atomic E-state index is 12.2. The summed E-state index contributed by atoms with van der Waals surface area (Å²) in [5.74, 6) is 0.139. The van der Waals surface area contributed by atoms with Gasteiger partial charge >= 0.3 is 0 Å². The van der Waals surface area contributed by atoms with Crippen molar-refractivity contribution in [3.8, 4) is 0 Å². The molecule has 0 bridgehead atoms. The first-order valence-electron chi connectivity index (χ1n) is 6.80. The lowest BCUT2D eigenvalue weighted by atomic mass is 10.1. The minimum absolute atomic E-state index is 0.0485. The number of carbonyl (C=O) groups excluding carboxylic acids is 1. The van der Waals surface area contributed by atoms with Crippen LogP contribution in [0.25, 0.3) is 0 Å². The normalized spacial score (nSPS) is 17.7. The standard InChI is InChI=1S/C15H22N2O/c1-11-6-7-12(2)14(10-11)16-15(18)13(3)17-8-4-5-9-17/h6-7,10,13H,4-5,8-9H2,1-3H3,(H,16,18)/p+1/t13-/m1/s1. The van der Waals surface area contributed by atoms with Crippen molar-refractivity contribution in [2.45, 2.75) is 39.7 Å². The van der Waals surface area contributed by atoms with Gasteiger partial charge in [-0.25, -0.2) is 0 Å². The zero-order valence-electron chi connectivity index (χ0n) is 11.5. The maximum absolute atomic E-state index is 12.2. The van der Waals surface area contributed by atoms with Crippen molar-refractivity contribution in [3.05, 3.63) is 29.3 Å². The van der Waals surface area contributed by atoms with Crippen molar-refractivity contribution in [1.29, 1.82) is 0 Å². The van der Waals surface area contributed by atoms with Crippen molar-refractivity contribution in [1.82, 2.24) is 0 Å². The first-order chi connectivity index (χ1) is 8.58. The largest absolute Gasteiger partial charge is 0.325 e. The van der Waals surface area contributed by atoms with Crippen LogP contribution >= 0.6 is 0 Å². The van der Waals surface area contributed by atoms with E-state index in [9.17, 15) is 4.79 Å². The number of likely N-dealkylation sites (tertiary alicyclic amines) is 1. The van der Waals surface area contributed by atoms with Crippen molar-refractivity contribution >= 4 is 11.6 Å². The van der Waals surface area contributed by atoms with E-state index in [1.165, 1.54) is 23.3 Å². The van der Waals surface area contributed by atoms with Gasteiger partial charge in [0.2, 0.25) is 0 Å². The van der Waals surface area contributed by atoms with E-state index >= 15 is 0 Å². The molecule has 0 aliphatic carbocycles. The summed E-state index contributed by atoms with van der Waals surface area (Å²) < 4.78 is 0. The molecule has 1 amide bonds. The molecule has 3 nitrogen and oxygen atoms in total. The minimum atomic E-state index is 0.0485. The Bertz CT molecular complexity index is 436. The van der Waals surface area contributed by atoms with Gasteiger partial charge in [-0.15, -0.1) is 0 Å². The van der Waals surface area contributed by atoms with Crippen LogP contribution in [0.5, 0.6) is 0 Å². The molecule has 0 unspecified atom stereocenters. The molecule has 18 heavy (non-hydrogen) atoms. The van der Waals surface area contributed by atoms with Gasteiger partial charge in [0.25, 0.3) is 5.91 Å². The first-order valence-corrected chi connectivity index (χ1v) is 6.80.